The Morgan fingerprint density at radius 1 is 1.09 bits per heavy atom. The van der Waals surface area contributed by atoms with Crippen molar-refractivity contribution < 1.29 is 18.7 Å². The zero-order chi connectivity index (χ0) is 22.5. The molecule has 168 valence electrons. The molecule has 2 atom stereocenters. The average molecular weight is 438 g/mol. The molecule has 0 radical (unpaired) electrons. The lowest BCUT2D eigenvalue weighted by Crippen LogP contribution is -2.51. The largest absolute Gasteiger partial charge is 0.378 e. The van der Waals surface area contributed by atoms with Gasteiger partial charge in [-0.2, -0.15) is 0 Å². The summed E-state index contributed by atoms with van der Waals surface area (Å²) in [4.78, 5) is 32.1. The van der Waals surface area contributed by atoms with Gasteiger partial charge >= 0.3 is 0 Å². The van der Waals surface area contributed by atoms with Crippen LogP contribution in [-0.2, 0) is 9.53 Å². The summed E-state index contributed by atoms with van der Waals surface area (Å²) in [5.74, 6) is -0.332. The average Bonchev–Trinajstić information content (AvgIpc) is 3.32. The molecule has 0 unspecified atom stereocenters. The van der Waals surface area contributed by atoms with Gasteiger partial charge in [0.05, 0.1) is 6.04 Å². The van der Waals surface area contributed by atoms with Crippen LogP contribution in [0, 0.1) is 5.82 Å². The van der Waals surface area contributed by atoms with Gasteiger partial charge in [0.25, 0.3) is 11.8 Å². The predicted octanol–water partition coefficient (Wildman–Crippen LogP) is 3.59. The molecule has 3 fully saturated rings. The second kappa shape index (κ2) is 7.89. The minimum Gasteiger partial charge on any atom is -0.378 e. The van der Waals surface area contributed by atoms with Gasteiger partial charge in [-0.25, -0.2) is 4.39 Å². The van der Waals surface area contributed by atoms with E-state index in [2.05, 4.69) is 0 Å². The van der Waals surface area contributed by atoms with E-state index in [1.165, 1.54) is 12.1 Å². The number of benzene rings is 2. The molecule has 2 aromatic rings. The number of piperidine rings is 1. The van der Waals surface area contributed by atoms with Crippen LogP contribution in [0.3, 0.4) is 0 Å². The number of hydrogen-bond donors (Lipinski definition) is 0. The molecule has 3 aliphatic heterocycles. The Morgan fingerprint density at radius 2 is 1.84 bits per heavy atom. The van der Waals surface area contributed by atoms with Gasteiger partial charge in [0.1, 0.15) is 12.0 Å². The number of rotatable bonds is 3. The lowest BCUT2D eigenvalue weighted by molar-refractivity contribution is -0.142. The molecule has 1 spiro atoms. The van der Waals surface area contributed by atoms with Gasteiger partial charge < -0.3 is 19.4 Å². The number of hydrogen-bond acceptors (Lipinski definition) is 4. The Kier molecular flexibility index (Phi) is 5.16. The van der Waals surface area contributed by atoms with Crippen molar-refractivity contribution >= 4 is 17.5 Å². The van der Waals surface area contributed by atoms with E-state index in [0.717, 1.165) is 24.1 Å². The predicted molar refractivity (Wildman–Crippen MR) is 119 cm³/mol. The van der Waals surface area contributed by atoms with Crippen molar-refractivity contribution in [3.8, 4) is 0 Å². The number of halogens is 1. The first-order chi connectivity index (χ1) is 15.4. The number of nitrogens with zero attached hydrogens (tertiary/aromatic N) is 3. The first-order valence-corrected chi connectivity index (χ1v) is 11.2. The molecule has 32 heavy (non-hydrogen) atoms. The second-order valence-electron chi connectivity index (χ2n) is 9.16. The fraction of sp³-hybridized carbons (Fsp3) is 0.440. The Bertz CT molecular complexity index is 1050. The molecule has 0 saturated carbocycles. The fourth-order valence-electron chi connectivity index (χ4n) is 5.26. The summed E-state index contributed by atoms with van der Waals surface area (Å²) in [6, 6.07) is 13.9. The molecule has 2 amide bonds. The van der Waals surface area contributed by atoms with E-state index in [0.29, 0.717) is 31.5 Å². The number of fused-ring (bicyclic) bond motifs is 1. The van der Waals surface area contributed by atoms with E-state index < -0.39 is 5.60 Å². The normalized spacial score (nSPS) is 24.2. The van der Waals surface area contributed by atoms with E-state index >= 15 is 0 Å². The van der Waals surface area contributed by atoms with Gasteiger partial charge in [0.15, 0.2) is 5.60 Å². The zero-order valence-electron chi connectivity index (χ0n) is 18.5. The van der Waals surface area contributed by atoms with Crippen LogP contribution in [0.25, 0.3) is 0 Å². The highest BCUT2D eigenvalue weighted by molar-refractivity contribution is 5.95. The van der Waals surface area contributed by atoms with E-state index in [1.54, 1.807) is 6.07 Å². The van der Waals surface area contributed by atoms with Crippen molar-refractivity contribution in [3.05, 3.63) is 65.5 Å². The van der Waals surface area contributed by atoms with Gasteiger partial charge in [0, 0.05) is 51.3 Å². The van der Waals surface area contributed by atoms with Crippen LogP contribution >= 0.6 is 0 Å². The van der Waals surface area contributed by atoms with E-state index in [-0.39, 0.29) is 29.9 Å². The number of anilines is 1. The third-order valence-corrected chi connectivity index (χ3v) is 7.02. The molecule has 3 aliphatic rings. The Morgan fingerprint density at radius 3 is 2.56 bits per heavy atom. The Balaban J connectivity index is 1.29. The maximum absolute atomic E-state index is 13.8. The first kappa shape index (κ1) is 20.9. The quantitative estimate of drug-likeness (QED) is 0.737. The van der Waals surface area contributed by atoms with E-state index in [9.17, 15) is 14.0 Å². The number of carbonyl (C=O) groups is 2. The fourth-order valence-corrected chi connectivity index (χ4v) is 5.26. The standard InChI is InChI=1S/C25H28FN3O3/c1-27(2)20-8-4-6-18(16-20)23(30)28-13-11-25(12-14-28)24(31)29-21(9-10-22(29)32-25)17-5-3-7-19(26)15-17/h3-8,15-16,21-22H,9-14H2,1-2H3/t21-,22+/m0/s1. The van der Waals surface area contributed by atoms with Crippen LogP contribution in [0.1, 0.15) is 47.6 Å². The smallest absolute Gasteiger partial charge is 0.257 e. The maximum atomic E-state index is 13.8. The summed E-state index contributed by atoms with van der Waals surface area (Å²) in [6.45, 7) is 0.948. The molecule has 0 bridgehead atoms. The Labute approximate surface area is 187 Å². The van der Waals surface area contributed by atoms with Gasteiger partial charge in [-0.3, -0.25) is 9.59 Å². The minimum absolute atomic E-state index is 0.0176. The number of ether oxygens (including phenoxy) is 1. The van der Waals surface area contributed by atoms with Crippen molar-refractivity contribution in [1.82, 2.24) is 9.80 Å². The summed E-state index contributed by atoms with van der Waals surface area (Å²) >= 11 is 0. The number of amides is 2. The lowest BCUT2D eigenvalue weighted by Gasteiger charge is -2.37. The van der Waals surface area contributed by atoms with E-state index in [4.69, 9.17) is 4.74 Å². The van der Waals surface area contributed by atoms with Crippen LogP contribution in [0.2, 0.25) is 0 Å². The van der Waals surface area contributed by atoms with Gasteiger partial charge in [0.2, 0.25) is 0 Å². The summed E-state index contributed by atoms with van der Waals surface area (Å²) in [7, 11) is 3.89. The van der Waals surface area contributed by atoms with Gasteiger partial charge in [-0.05, 0) is 48.7 Å². The summed E-state index contributed by atoms with van der Waals surface area (Å²) in [6.07, 6.45) is 2.20. The molecular weight excluding hydrogens is 409 g/mol. The molecule has 0 aromatic heterocycles. The molecule has 7 heteroatoms. The molecule has 3 heterocycles. The zero-order valence-corrected chi connectivity index (χ0v) is 18.5. The SMILES string of the molecule is CN(C)c1cccc(C(=O)N2CCC3(CC2)O[C@@H]2CC[C@@H](c4cccc(F)c4)N2C3=O)c1. The summed E-state index contributed by atoms with van der Waals surface area (Å²) in [5.41, 5.74) is 1.56. The van der Waals surface area contributed by atoms with Crippen LogP contribution in [0.15, 0.2) is 48.5 Å². The van der Waals surface area contributed by atoms with Crippen molar-refractivity contribution in [2.45, 2.75) is 43.6 Å². The van der Waals surface area contributed by atoms with Gasteiger partial charge in [-0.1, -0.05) is 18.2 Å². The maximum Gasteiger partial charge on any atom is 0.257 e. The van der Waals surface area contributed by atoms with Crippen molar-refractivity contribution in [2.75, 3.05) is 32.1 Å². The summed E-state index contributed by atoms with van der Waals surface area (Å²) < 4.78 is 20.1. The van der Waals surface area contributed by atoms with Crippen molar-refractivity contribution in [2.24, 2.45) is 0 Å². The third-order valence-electron chi connectivity index (χ3n) is 7.02. The molecular formula is C25H28FN3O3. The highest BCUT2D eigenvalue weighted by Gasteiger charge is 2.58. The van der Waals surface area contributed by atoms with Crippen LogP contribution in [-0.4, -0.2) is 60.6 Å². The number of carbonyl (C=O) groups excluding carboxylic acids is 2. The van der Waals surface area contributed by atoms with Crippen LogP contribution in [0.5, 0.6) is 0 Å². The highest BCUT2D eigenvalue weighted by atomic mass is 19.1. The van der Waals surface area contributed by atoms with Crippen molar-refractivity contribution in [1.29, 1.82) is 0 Å². The topological polar surface area (TPSA) is 53.1 Å². The summed E-state index contributed by atoms with van der Waals surface area (Å²) in [5, 5.41) is 0. The molecule has 2 aromatic carbocycles. The van der Waals surface area contributed by atoms with Crippen LogP contribution in [0.4, 0.5) is 10.1 Å². The molecule has 0 N–H and O–H groups in total. The minimum atomic E-state index is -0.876. The Hall–Kier alpha value is -2.93. The second-order valence-corrected chi connectivity index (χ2v) is 9.16. The first-order valence-electron chi connectivity index (χ1n) is 11.2. The van der Waals surface area contributed by atoms with Crippen LogP contribution < -0.4 is 4.90 Å². The van der Waals surface area contributed by atoms with Gasteiger partial charge in [-0.15, -0.1) is 0 Å². The number of likely N-dealkylation sites (tertiary alicyclic amines) is 1. The molecule has 3 saturated heterocycles. The molecule has 5 rings (SSSR count). The van der Waals surface area contributed by atoms with Crippen molar-refractivity contribution in [3.63, 3.8) is 0 Å². The lowest BCUT2D eigenvalue weighted by atomic mass is 9.89. The van der Waals surface area contributed by atoms with E-state index in [1.807, 2.05) is 59.1 Å². The molecule has 0 aliphatic carbocycles. The highest BCUT2D eigenvalue weighted by Crippen LogP contribution is 2.47. The molecule has 6 nitrogen and oxygen atoms in total. The third kappa shape index (κ3) is 3.45. The monoisotopic (exact) mass is 437 g/mol.